The predicted molar refractivity (Wildman–Crippen MR) is 41.9 cm³/mol. The number of aliphatic imine (C=N–C) groups is 1. The lowest BCUT2D eigenvalue weighted by Gasteiger charge is -1.95. The van der Waals surface area contributed by atoms with Crippen molar-refractivity contribution in [3.63, 3.8) is 0 Å². The van der Waals surface area contributed by atoms with E-state index in [-0.39, 0.29) is 5.57 Å². The second-order valence-corrected chi connectivity index (χ2v) is 1.85. The zero-order valence-corrected chi connectivity index (χ0v) is 6.77. The second-order valence-electron chi connectivity index (χ2n) is 1.85. The van der Waals surface area contributed by atoms with E-state index in [2.05, 4.69) is 9.73 Å². The highest BCUT2D eigenvalue weighted by Crippen LogP contribution is 1.92. The van der Waals surface area contributed by atoms with E-state index >= 15 is 0 Å². The van der Waals surface area contributed by atoms with Crippen molar-refractivity contribution >= 4 is 18.1 Å². The highest BCUT2D eigenvalue weighted by molar-refractivity contribution is 6.11. The lowest BCUT2D eigenvalue weighted by Crippen LogP contribution is -2.06. The van der Waals surface area contributed by atoms with Gasteiger partial charge in [-0.1, -0.05) is 0 Å². The fraction of sp³-hybridized carbons (Fsp3) is 0.286. The summed E-state index contributed by atoms with van der Waals surface area (Å²) >= 11 is 0. The first-order chi connectivity index (χ1) is 5.61. The molecule has 5 nitrogen and oxygen atoms in total. The van der Waals surface area contributed by atoms with Crippen molar-refractivity contribution in [1.29, 1.82) is 0 Å². The molecule has 0 heterocycles. The van der Waals surface area contributed by atoms with Crippen molar-refractivity contribution in [2.75, 3.05) is 7.11 Å². The minimum atomic E-state index is -0.748. The molecular formula is C7H9NO4. The zero-order valence-electron chi connectivity index (χ0n) is 6.77. The molecule has 0 rings (SSSR count). The minimum Gasteiger partial charge on any atom is -0.515 e. The molecule has 0 unspecified atom stereocenters. The molecule has 0 saturated carbocycles. The Bertz CT molecular complexity index is 242. The molecule has 0 aliphatic carbocycles. The van der Waals surface area contributed by atoms with E-state index in [0.717, 1.165) is 13.3 Å². The first kappa shape index (κ1) is 10.3. The normalized spacial score (nSPS) is 11.7. The number of aliphatic hydroxyl groups is 1. The number of methoxy groups -OCH3 is 1. The van der Waals surface area contributed by atoms with Crippen molar-refractivity contribution in [2.24, 2.45) is 4.99 Å². The van der Waals surface area contributed by atoms with E-state index in [9.17, 15) is 9.59 Å². The van der Waals surface area contributed by atoms with Crippen LogP contribution in [0, 0.1) is 0 Å². The van der Waals surface area contributed by atoms with Crippen LogP contribution in [0.25, 0.3) is 0 Å². The van der Waals surface area contributed by atoms with Gasteiger partial charge in [0, 0.05) is 13.1 Å². The van der Waals surface area contributed by atoms with Crippen molar-refractivity contribution in [3.8, 4) is 0 Å². The lowest BCUT2D eigenvalue weighted by atomic mass is 10.3. The summed E-state index contributed by atoms with van der Waals surface area (Å²) in [6.07, 6.45) is 1.46. The molecule has 0 spiro atoms. The summed E-state index contributed by atoms with van der Waals surface area (Å²) in [6, 6.07) is 0. The van der Waals surface area contributed by atoms with Crippen LogP contribution in [-0.2, 0) is 14.3 Å². The fourth-order valence-corrected chi connectivity index (χ4v) is 0.417. The summed E-state index contributed by atoms with van der Waals surface area (Å²) in [6.45, 7) is 1.22. The van der Waals surface area contributed by atoms with E-state index < -0.39 is 11.9 Å². The molecule has 0 aliphatic heterocycles. The number of aliphatic hydroxyl groups excluding tert-OH is 1. The van der Waals surface area contributed by atoms with E-state index in [1.54, 1.807) is 0 Å². The van der Waals surface area contributed by atoms with Gasteiger partial charge in [0.1, 0.15) is 5.57 Å². The number of rotatable bonds is 2. The molecule has 0 aromatic heterocycles. The van der Waals surface area contributed by atoms with Crippen LogP contribution in [0.2, 0.25) is 0 Å². The number of hydrogen-bond acceptors (Lipinski definition) is 4. The van der Waals surface area contributed by atoms with Gasteiger partial charge in [-0.05, 0) is 0 Å². The van der Waals surface area contributed by atoms with Crippen LogP contribution < -0.4 is 0 Å². The highest BCUT2D eigenvalue weighted by atomic mass is 16.5. The minimum absolute atomic E-state index is 0.173. The van der Waals surface area contributed by atoms with Gasteiger partial charge in [-0.25, -0.2) is 9.79 Å². The number of hydrogen-bond donors (Lipinski definition) is 1. The Hall–Kier alpha value is -1.65. The maximum Gasteiger partial charge on any atom is 0.342 e. The maximum absolute atomic E-state index is 10.7. The molecule has 0 aromatic rings. The predicted octanol–water partition coefficient (Wildman–Crippen LogP) is 0.219. The quantitative estimate of drug-likeness (QED) is 0.279. The molecule has 5 heteroatoms. The van der Waals surface area contributed by atoms with Gasteiger partial charge < -0.3 is 9.84 Å². The summed E-state index contributed by atoms with van der Waals surface area (Å²) in [5.74, 6) is -1.21. The van der Waals surface area contributed by atoms with E-state index in [4.69, 9.17) is 5.11 Å². The third-order valence-electron chi connectivity index (χ3n) is 0.946. The van der Waals surface area contributed by atoms with Gasteiger partial charge in [-0.15, -0.1) is 0 Å². The number of esters is 1. The van der Waals surface area contributed by atoms with Gasteiger partial charge in [0.2, 0.25) is 5.91 Å². The van der Waals surface area contributed by atoms with Gasteiger partial charge in [0.05, 0.1) is 13.4 Å². The van der Waals surface area contributed by atoms with Crippen LogP contribution in [0.15, 0.2) is 16.8 Å². The standard InChI is InChI=1S/C7H9NO4/c1-5(10)8-3-6(4-9)7(11)12-2/h3-4,9H,1-2H3/b6-4-,8-3?. The van der Waals surface area contributed by atoms with E-state index in [1.165, 1.54) is 6.92 Å². The second kappa shape index (κ2) is 5.06. The topological polar surface area (TPSA) is 76.0 Å². The molecule has 12 heavy (non-hydrogen) atoms. The molecule has 0 fully saturated rings. The number of nitrogens with zero attached hydrogens (tertiary/aromatic N) is 1. The van der Waals surface area contributed by atoms with Crippen LogP contribution >= 0.6 is 0 Å². The molecular weight excluding hydrogens is 162 g/mol. The summed E-state index contributed by atoms with van der Waals surface area (Å²) in [5.41, 5.74) is -0.173. The Labute approximate surface area is 69.4 Å². The van der Waals surface area contributed by atoms with Crippen LogP contribution in [-0.4, -0.2) is 30.3 Å². The van der Waals surface area contributed by atoms with Crippen molar-refractivity contribution in [1.82, 2.24) is 0 Å². The van der Waals surface area contributed by atoms with Gasteiger partial charge in [0.15, 0.2) is 0 Å². The lowest BCUT2D eigenvalue weighted by molar-refractivity contribution is -0.135. The molecule has 1 N–H and O–H groups in total. The van der Waals surface area contributed by atoms with Gasteiger partial charge in [-0.2, -0.15) is 0 Å². The van der Waals surface area contributed by atoms with Crippen LogP contribution in [0.4, 0.5) is 0 Å². The molecule has 0 aromatic carbocycles. The monoisotopic (exact) mass is 171 g/mol. The molecule has 1 amide bonds. The van der Waals surface area contributed by atoms with Gasteiger partial charge in [-0.3, -0.25) is 4.79 Å². The number of ether oxygens (including phenoxy) is 1. The highest BCUT2D eigenvalue weighted by Gasteiger charge is 2.06. The van der Waals surface area contributed by atoms with E-state index in [0.29, 0.717) is 6.26 Å². The van der Waals surface area contributed by atoms with Crippen LogP contribution in [0.5, 0.6) is 0 Å². The Morgan fingerprint density at radius 1 is 1.50 bits per heavy atom. The molecule has 0 atom stereocenters. The Morgan fingerprint density at radius 3 is 2.42 bits per heavy atom. The molecule has 0 aliphatic rings. The smallest absolute Gasteiger partial charge is 0.342 e. The largest absolute Gasteiger partial charge is 0.515 e. The molecule has 0 radical (unpaired) electrons. The summed E-state index contributed by atoms with van der Waals surface area (Å²) in [7, 11) is 1.16. The van der Waals surface area contributed by atoms with Crippen LogP contribution in [0.3, 0.4) is 0 Å². The molecule has 0 bridgehead atoms. The number of carbonyl (C=O) groups excluding carboxylic acids is 2. The van der Waals surface area contributed by atoms with Crippen molar-refractivity contribution in [3.05, 3.63) is 11.8 Å². The number of amides is 1. The summed E-state index contributed by atoms with van der Waals surface area (Å²) in [4.78, 5) is 24.3. The fourth-order valence-electron chi connectivity index (χ4n) is 0.417. The maximum atomic E-state index is 10.7. The van der Waals surface area contributed by atoms with Crippen molar-refractivity contribution < 1.29 is 19.4 Å². The van der Waals surface area contributed by atoms with E-state index in [1.807, 2.05) is 0 Å². The molecule has 0 saturated heterocycles. The number of carbonyl (C=O) groups is 2. The van der Waals surface area contributed by atoms with Crippen LogP contribution in [0.1, 0.15) is 6.92 Å². The zero-order chi connectivity index (χ0) is 9.56. The van der Waals surface area contributed by atoms with Crippen molar-refractivity contribution in [2.45, 2.75) is 6.92 Å². The van der Waals surface area contributed by atoms with Gasteiger partial charge >= 0.3 is 5.97 Å². The SMILES string of the molecule is COC(=O)/C(C=NC(C)=O)=C\O. The third-order valence-corrected chi connectivity index (χ3v) is 0.946. The Kier molecular flexibility index (Phi) is 4.36. The average Bonchev–Trinajstić information content (AvgIpc) is 2.04. The molecule has 66 valence electrons. The third kappa shape index (κ3) is 3.50. The first-order valence-electron chi connectivity index (χ1n) is 3.09. The van der Waals surface area contributed by atoms with Gasteiger partial charge in [0.25, 0.3) is 0 Å². The summed E-state index contributed by atoms with van der Waals surface area (Å²) < 4.78 is 4.27. The summed E-state index contributed by atoms with van der Waals surface area (Å²) in [5, 5.41) is 8.48. The Balaban J connectivity index is 4.40. The Morgan fingerprint density at radius 2 is 2.08 bits per heavy atom. The first-order valence-corrected chi connectivity index (χ1v) is 3.09. The average molecular weight is 171 g/mol.